The van der Waals surface area contributed by atoms with Crippen molar-refractivity contribution in [2.45, 2.75) is 12.1 Å². The van der Waals surface area contributed by atoms with E-state index in [1.807, 2.05) is 0 Å². The Bertz CT molecular complexity index is 1190. The molecule has 0 unspecified atom stereocenters. The summed E-state index contributed by atoms with van der Waals surface area (Å²) in [6.07, 6.45) is 0. The molecular weight excluding hydrogens is 390 g/mol. The van der Waals surface area contributed by atoms with Crippen LogP contribution in [-0.4, -0.2) is 57.8 Å². The van der Waals surface area contributed by atoms with Gasteiger partial charge in [0.1, 0.15) is 11.5 Å². The molecule has 1 aliphatic heterocycles. The van der Waals surface area contributed by atoms with Gasteiger partial charge in [-0.15, -0.1) is 0 Å². The molecule has 0 bridgehead atoms. The molecule has 2 atom stereocenters. The minimum Gasteiger partial charge on any atom is -0.506 e. The number of carbonyl (C=O) groups excluding carboxylic acids is 3. The normalized spacial score (nSPS) is 20.5. The van der Waals surface area contributed by atoms with E-state index in [4.69, 9.17) is 15.9 Å². The summed E-state index contributed by atoms with van der Waals surface area (Å²) in [6.45, 7) is 0.445. The molecule has 6 N–H and O–H groups in total. The number of nitrogens with zero attached hydrogens (tertiary/aromatic N) is 1. The summed E-state index contributed by atoms with van der Waals surface area (Å²) in [5.41, 5.74) is 10.9. The van der Waals surface area contributed by atoms with Gasteiger partial charge in [-0.3, -0.25) is 14.4 Å². The molecule has 152 valence electrons. The molecule has 1 saturated heterocycles. The molecule has 1 amide bonds. The zero-order chi connectivity index (χ0) is 21.3. The van der Waals surface area contributed by atoms with Gasteiger partial charge in [0, 0.05) is 42.0 Å². The number of hydrogen-bond acceptors (Lipinski definition) is 8. The van der Waals surface area contributed by atoms with Crippen molar-refractivity contribution >= 4 is 28.2 Å². The van der Waals surface area contributed by atoms with E-state index in [1.54, 1.807) is 12.1 Å². The van der Waals surface area contributed by atoms with E-state index in [9.17, 15) is 24.6 Å². The Hall–Kier alpha value is -3.69. The van der Waals surface area contributed by atoms with Crippen molar-refractivity contribution in [3.8, 4) is 11.5 Å². The number of furan rings is 1. The Labute approximate surface area is 169 Å². The number of phenols is 2. The molecule has 1 aromatic heterocycles. The number of benzene rings is 2. The molecule has 3 aromatic rings. The first-order chi connectivity index (χ1) is 14.3. The first-order valence-electron chi connectivity index (χ1n) is 9.30. The van der Waals surface area contributed by atoms with Crippen LogP contribution in [0.4, 0.5) is 0 Å². The SMILES string of the molecule is N[C@@H]1CN(C(=O)c2cc3c(o2)C(=O)c2c(c(O)c4ccccc4c2O)C3=O)C[C@H]1N. The van der Waals surface area contributed by atoms with Gasteiger partial charge in [-0.2, -0.15) is 0 Å². The lowest BCUT2D eigenvalue weighted by atomic mass is 9.85. The lowest BCUT2D eigenvalue weighted by Gasteiger charge is -2.18. The maximum atomic E-state index is 13.1. The second-order valence-corrected chi connectivity index (χ2v) is 7.54. The predicted octanol–water partition coefficient (Wildman–Crippen LogP) is 0.730. The van der Waals surface area contributed by atoms with E-state index in [2.05, 4.69) is 0 Å². The van der Waals surface area contributed by atoms with E-state index >= 15 is 0 Å². The molecule has 0 radical (unpaired) electrons. The lowest BCUT2D eigenvalue weighted by Crippen LogP contribution is -2.39. The highest BCUT2D eigenvalue weighted by Crippen LogP contribution is 2.44. The molecule has 0 spiro atoms. The highest BCUT2D eigenvalue weighted by Gasteiger charge is 2.41. The second kappa shape index (κ2) is 6.15. The van der Waals surface area contributed by atoms with Crippen LogP contribution in [0.15, 0.2) is 34.7 Å². The van der Waals surface area contributed by atoms with Gasteiger partial charge in [0.15, 0.2) is 11.5 Å². The van der Waals surface area contributed by atoms with E-state index < -0.39 is 29.0 Å². The van der Waals surface area contributed by atoms with E-state index in [-0.39, 0.29) is 64.2 Å². The fourth-order valence-electron chi connectivity index (χ4n) is 4.10. The quantitative estimate of drug-likeness (QED) is 0.336. The highest BCUT2D eigenvalue weighted by atomic mass is 16.4. The van der Waals surface area contributed by atoms with Crippen LogP contribution in [0.5, 0.6) is 11.5 Å². The van der Waals surface area contributed by atoms with Crippen molar-refractivity contribution in [3.05, 3.63) is 58.5 Å². The number of fused-ring (bicyclic) bond motifs is 3. The van der Waals surface area contributed by atoms with Crippen LogP contribution in [0.3, 0.4) is 0 Å². The number of amides is 1. The number of ketones is 2. The number of carbonyl (C=O) groups is 3. The van der Waals surface area contributed by atoms with E-state index in [1.165, 1.54) is 23.1 Å². The van der Waals surface area contributed by atoms with Crippen LogP contribution >= 0.6 is 0 Å². The van der Waals surface area contributed by atoms with Crippen LogP contribution in [0, 0.1) is 0 Å². The molecule has 2 aromatic carbocycles. The molecule has 1 aliphatic carbocycles. The van der Waals surface area contributed by atoms with Gasteiger partial charge in [0.25, 0.3) is 5.91 Å². The number of likely N-dealkylation sites (tertiary alicyclic amines) is 1. The number of aromatic hydroxyl groups is 2. The van der Waals surface area contributed by atoms with E-state index in [0.717, 1.165) is 0 Å². The molecule has 0 saturated carbocycles. The summed E-state index contributed by atoms with van der Waals surface area (Å²) in [7, 11) is 0. The summed E-state index contributed by atoms with van der Waals surface area (Å²) < 4.78 is 5.46. The maximum absolute atomic E-state index is 13.1. The third-order valence-corrected chi connectivity index (χ3v) is 5.71. The Balaban J connectivity index is 1.64. The van der Waals surface area contributed by atoms with Crippen LogP contribution < -0.4 is 11.5 Å². The summed E-state index contributed by atoms with van der Waals surface area (Å²) in [5.74, 6) is -3.44. The Morgan fingerprint density at radius 3 is 2.07 bits per heavy atom. The number of hydrogen-bond donors (Lipinski definition) is 4. The zero-order valence-electron chi connectivity index (χ0n) is 15.6. The van der Waals surface area contributed by atoms with Gasteiger partial charge in [-0.25, -0.2) is 0 Å². The van der Waals surface area contributed by atoms with Gasteiger partial charge in [0.05, 0.1) is 16.7 Å². The Morgan fingerprint density at radius 1 is 0.967 bits per heavy atom. The zero-order valence-corrected chi connectivity index (χ0v) is 15.6. The third-order valence-electron chi connectivity index (χ3n) is 5.71. The largest absolute Gasteiger partial charge is 0.506 e. The van der Waals surface area contributed by atoms with Crippen molar-refractivity contribution in [2.75, 3.05) is 13.1 Å². The predicted molar refractivity (Wildman–Crippen MR) is 105 cm³/mol. The van der Waals surface area contributed by atoms with Gasteiger partial charge >= 0.3 is 0 Å². The maximum Gasteiger partial charge on any atom is 0.289 e. The van der Waals surface area contributed by atoms with Gasteiger partial charge in [-0.1, -0.05) is 24.3 Å². The van der Waals surface area contributed by atoms with Crippen LogP contribution in [-0.2, 0) is 0 Å². The summed E-state index contributed by atoms with van der Waals surface area (Å²) in [6, 6.07) is 6.73. The van der Waals surface area contributed by atoms with Gasteiger partial charge < -0.3 is 31.0 Å². The Morgan fingerprint density at radius 2 is 1.50 bits per heavy atom. The van der Waals surface area contributed by atoms with Crippen molar-refractivity contribution in [2.24, 2.45) is 11.5 Å². The highest BCUT2D eigenvalue weighted by molar-refractivity contribution is 6.32. The van der Waals surface area contributed by atoms with Gasteiger partial charge in [0.2, 0.25) is 11.6 Å². The van der Waals surface area contributed by atoms with Crippen molar-refractivity contribution in [1.29, 1.82) is 0 Å². The molecule has 1 fully saturated rings. The number of rotatable bonds is 1. The van der Waals surface area contributed by atoms with Crippen molar-refractivity contribution < 1.29 is 29.0 Å². The first-order valence-corrected chi connectivity index (χ1v) is 9.30. The number of phenolic OH excluding ortho intramolecular Hbond substituents is 2. The van der Waals surface area contributed by atoms with Crippen LogP contribution in [0.1, 0.15) is 42.6 Å². The average molecular weight is 407 g/mol. The summed E-state index contributed by atoms with van der Waals surface area (Å²) in [5, 5.41) is 21.8. The van der Waals surface area contributed by atoms with Crippen LogP contribution in [0.2, 0.25) is 0 Å². The minimum atomic E-state index is -0.785. The molecule has 9 nitrogen and oxygen atoms in total. The fourth-order valence-corrected chi connectivity index (χ4v) is 4.10. The molecule has 9 heteroatoms. The summed E-state index contributed by atoms with van der Waals surface area (Å²) >= 11 is 0. The minimum absolute atomic E-state index is 0.145. The molecular formula is C21H17N3O6. The second-order valence-electron chi connectivity index (χ2n) is 7.54. The van der Waals surface area contributed by atoms with Crippen molar-refractivity contribution in [1.82, 2.24) is 4.90 Å². The first kappa shape index (κ1) is 18.3. The molecule has 30 heavy (non-hydrogen) atoms. The topological polar surface area (TPSA) is 160 Å². The summed E-state index contributed by atoms with van der Waals surface area (Å²) in [4.78, 5) is 40.3. The average Bonchev–Trinajstić information content (AvgIpc) is 3.33. The van der Waals surface area contributed by atoms with Crippen molar-refractivity contribution in [3.63, 3.8) is 0 Å². The molecule has 5 rings (SSSR count). The third kappa shape index (κ3) is 2.33. The fraction of sp³-hybridized carbons (Fsp3) is 0.190. The standard InChI is InChI=1S/C21H17N3O6/c22-11-6-24(7-12(11)23)21(29)13-5-10-18(27)14-15(19(28)20(10)30-13)17(26)9-4-2-1-3-8(9)16(14)25/h1-5,11-12,25-26H,6-7,22-23H2/t11-,12-/m1/s1. The van der Waals surface area contributed by atoms with Crippen LogP contribution in [0.25, 0.3) is 10.8 Å². The number of nitrogens with two attached hydrogens (primary N) is 2. The van der Waals surface area contributed by atoms with E-state index in [0.29, 0.717) is 0 Å². The monoisotopic (exact) mass is 407 g/mol. The van der Waals surface area contributed by atoms with Gasteiger partial charge in [-0.05, 0) is 0 Å². The Kier molecular flexibility index (Phi) is 3.76. The molecule has 2 heterocycles. The smallest absolute Gasteiger partial charge is 0.289 e. The molecule has 2 aliphatic rings. The lowest BCUT2D eigenvalue weighted by molar-refractivity contribution is 0.0754.